The molecule has 4 rings (SSSR count). The van der Waals surface area contributed by atoms with Gasteiger partial charge in [-0.1, -0.05) is 18.2 Å². The Labute approximate surface area is 153 Å². The average Bonchev–Trinajstić information content (AvgIpc) is 2.73. The lowest BCUT2D eigenvalue weighted by molar-refractivity contribution is 0.0963. The molecule has 2 aromatic carbocycles. The molecule has 1 N–H and O–H groups in total. The predicted octanol–water partition coefficient (Wildman–Crippen LogP) is 3.65. The molecule has 5 nitrogen and oxygen atoms in total. The summed E-state index contributed by atoms with van der Waals surface area (Å²) in [5.74, 6) is 0.869. The summed E-state index contributed by atoms with van der Waals surface area (Å²) in [6, 6.07) is 13.7. The van der Waals surface area contributed by atoms with Crippen LogP contribution in [0.5, 0.6) is 0 Å². The van der Waals surface area contributed by atoms with Crippen molar-refractivity contribution in [2.45, 2.75) is 19.3 Å². The number of anilines is 1. The van der Waals surface area contributed by atoms with Crippen LogP contribution in [-0.4, -0.2) is 36.0 Å². The van der Waals surface area contributed by atoms with E-state index in [0.29, 0.717) is 5.56 Å². The monoisotopic (exact) mass is 346 g/mol. The summed E-state index contributed by atoms with van der Waals surface area (Å²) in [5, 5.41) is 2.67. The number of benzene rings is 2. The Bertz CT molecular complexity index is 948. The van der Waals surface area contributed by atoms with E-state index in [4.69, 9.17) is 4.98 Å². The van der Waals surface area contributed by atoms with Crippen molar-refractivity contribution >= 4 is 22.8 Å². The minimum absolute atomic E-state index is 0.0835. The van der Waals surface area contributed by atoms with Crippen molar-refractivity contribution in [3.05, 3.63) is 54.2 Å². The Morgan fingerprint density at radius 1 is 1.00 bits per heavy atom. The van der Waals surface area contributed by atoms with Crippen molar-refractivity contribution in [2.24, 2.45) is 0 Å². The normalized spacial score (nSPS) is 14.4. The minimum Gasteiger partial charge on any atom is -0.355 e. The second-order valence-electron chi connectivity index (χ2n) is 6.64. The third-order valence-electron chi connectivity index (χ3n) is 4.89. The smallest absolute Gasteiger partial charge is 0.251 e. The maximum atomic E-state index is 11.9. The molecule has 0 aliphatic carbocycles. The van der Waals surface area contributed by atoms with E-state index in [-0.39, 0.29) is 5.91 Å². The number of hydrogen-bond acceptors (Lipinski definition) is 4. The van der Waals surface area contributed by atoms with E-state index < -0.39 is 0 Å². The van der Waals surface area contributed by atoms with Crippen molar-refractivity contribution in [1.82, 2.24) is 15.3 Å². The summed E-state index contributed by atoms with van der Waals surface area (Å²) in [6.45, 7) is 2.10. The average molecular weight is 346 g/mol. The largest absolute Gasteiger partial charge is 0.355 e. The Morgan fingerprint density at radius 2 is 1.81 bits per heavy atom. The van der Waals surface area contributed by atoms with Gasteiger partial charge in [0.1, 0.15) is 5.82 Å². The molecule has 1 aliphatic heterocycles. The van der Waals surface area contributed by atoms with Gasteiger partial charge in [0.15, 0.2) is 0 Å². The highest BCUT2D eigenvalue weighted by Gasteiger charge is 2.13. The molecule has 2 heterocycles. The first-order valence-electron chi connectivity index (χ1n) is 9.09. The second-order valence-corrected chi connectivity index (χ2v) is 6.64. The lowest BCUT2D eigenvalue weighted by atomic mass is 10.0. The van der Waals surface area contributed by atoms with Gasteiger partial charge in [-0.2, -0.15) is 0 Å². The Kier molecular flexibility index (Phi) is 4.52. The van der Waals surface area contributed by atoms with Gasteiger partial charge in [-0.05, 0) is 54.7 Å². The van der Waals surface area contributed by atoms with Gasteiger partial charge in [0.2, 0.25) is 0 Å². The summed E-state index contributed by atoms with van der Waals surface area (Å²) in [5.41, 5.74) is 4.46. The topological polar surface area (TPSA) is 58.1 Å². The highest BCUT2D eigenvalue weighted by atomic mass is 16.1. The number of nitrogens with one attached hydrogen (secondary N) is 1. The molecule has 0 spiro atoms. The number of rotatable bonds is 3. The van der Waals surface area contributed by atoms with E-state index in [9.17, 15) is 4.79 Å². The zero-order valence-electron chi connectivity index (χ0n) is 14.9. The number of piperidine rings is 1. The van der Waals surface area contributed by atoms with Crippen LogP contribution in [0.3, 0.4) is 0 Å². The maximum absolute atomic E-state index is 11.9. The number of aromatic nitrogens is 2. The van der Waals surface area contributed by atoms with Gasteiger partial charge in [-0.3, -0.25) is 9.78 Å². The lowest BCUT2D eigenvalue weighted by Crippen LogP contribution is -2.30. The molecule has 0 saturated carbocycles. The second kappa shape index (κ2) is 7.12. The van der Waals surface area contributed by atoms with Gasteiger partial charge in [-0.25, -0.2) is 4.98 Å². The van der Waals surface area contributed by atoms with E-state index in [1.54, 1.807) is 7.05 Å². The Balaban J connectivity index is 1.71. The standard InChI is InChI=1S/C21H22N4O/c1-22-21(26)17-7-5-6-15(12-17)16-8-9-18-19(13-16)24-20(14-23-18)25-10-3-2-4-11-25/h5-9,12-14H,2-4,10-11H2,1H3,(H,22,26). The molecule has 5 heteroatoms. The van der Waals surface area contributed by atoms with Crippen LogP contribution in [0.4, 0.5) is 5.82 Å². The van der Waals surface area contributed by atoms with Crippen LogP contribution < -0.4 is 10.2 Å². The zero-order valence-corrected chi connectivity index (χ0v) is 14.9. The molecule has 1 aromatic heterocycles. The van der Waals surface area contributed by atoms with Gasteiger partial charge in [0.25, 0.3) is 5.91 Å². The van der Waals surface area contributed by atoms with Crippen LogP contribution in [0.2, 0.25) is 0 Å². The molecule has 1 amide bonds. The predicted molar refractivity (Wildman–Crippen MR) is 104 cm³/mol. The highest BCUT2D eigenvalue weighted by molar-refractivity contribution is 5.95. The van der Waals surface area contributed by atoms with Crippen molar-refractivity contribution in [2.75, 3.05) is 25.0 Å². The number of nitrogens with zero attached hydrogens (tertiary/aromatic N) is 3. The van der Waals surface area contributed by atoms with E-state index in [2.05, 4.69) is 21.3 Å². The van der Waals surface area contributed by atoms with E-state index in [0.717, 1.165) is 41.1 Å². The molecular weight excluding hydrogens is 324 g/mol. The van der Waals surface area contributed by atoms with Crippen LogP contribution >= 0.6 is 0 Å². The highest BCUT2D eigenvalue weighted by Crippen LogP contribution is 2.25. The molecule has 1 saturated heterocycles. The van der Waals surface area contributed by atoms with Crippen molar-refractivity contribution in [3.8, 4) is 11.1 Å². The van der Waals surface area contributed by atoms with Crippen molar-refractivity contribution < 1.29 is 4.79 Å². The summed E-state index contributed by atoms with van der Waals surface area (Å²) < 4.78 is 0. The molecule has 1 aliphatic rings. The fraction of sp³-hybridized carbons (Fsp3) is 0.286. The van der Waals surface area contributed by atoms with Gasteiger partial charge in [0, 0.05) is 25.7 Å². The minimum atomic E-state index is -0.0835. The first-order valence-corrected chi connectivity index (χ1v) is 9.09. The fourth-order valence-electron chi connectivity index (χ4n) is 3.44. The molecule has 0 bridgehead atoms. The first kappa shape index (κ1) is 16.5. The third-order valence-corrected chi connectivity index (χ3v) is 4.89. The Hall–Kier alpha value is -2.95. The van der Waals surface area contributed by atoms with Crippen LogP contribution in [-0.2, 0) is 0 Å². The number of amides is 1. The number of fused-ring (bicyclic) bond motifs is 1. The summed E-state index contributed by atoms with van der Waals surface area (Å²) in [7, 11) is 1.64. The number of hydrogen-bond donors (Lipinski definition) is 1. The van der Waals surface area contributed by atoms with Gasteiger partial charge < -0.3 is 10.2 Å². The van der Waals surface area contributed by atoms with Crippen molar-refractivity contribution in [1.29, 1.82) is 0 Å². The number of carbonyl (C=O) groups excluding carboxylic acids is 1. The number of carbonyl (C=O) groups is 1. The van der Waals surface area contributed by atoms with Crippen LogP contribution in [0.1, 0.15) is 29.6 Å². The van der Waals surface area contributed by atoms with Gasteiger partial charge in [0.05, 0.1) is 17.2 Å². The van der Waals surface area contributed by atoms with E-state index in [1.165, 1.54) is 19.3 Å². The van der Waals surface area contributed by atoms with Crippen molar-refractivity contribution in [3.63, 3.8) is 0 Å². The van der Waals surface area contributed by atoms with Crippen LogP contribution in [0, 0.1) is 0 Å². The Morgan fingerprint density at radius 3 is 2.62 bits per heavy atom. The summed E-state index contributed by atoms with van der Waals surface area (Å²) >= 11 is 0. The molecule has 132 valence electrons. The van der Waals surface area contributed by atoms with E-state index >= 15 is 0 Å². The zero-order chi connectivity index (χ0) is 17.9. The molecule has 0 unspecified atom stereocenters. The molecule has 1 fully saturated rings. The van der Waals surface area contributed by atoms with Gasteiger partial charge in [-0.15, -0.1) is 0 Å². The maximum Gasteiger partial charge on any atom is 0.251 e. The fourth-order valence-corrected chi connectivity index (χ4v) is 3.44. The van der Waals surface area contributed by atoms with Crippen LogP contribution in [0.25, 0.3) is 22.2 Å². The SMILES string of the molecule is CNC(=O)c1cccc(-c2ccc3ncc(N4CCCCC4)nc3c2)c1. The molecule has 3 aromatic rings. The lowest BCUT2D eigenvalue weighted by Gasteiger charge is -2.27. The first-order chi connectivity index (χ1) is 12.7. The summed E-state index contributed by atoms with van der Waals surface area (Å²) in [4.78, 5) is 23.6. The van der Waals surface area contributed by atoms with Gasteiger partial charge >= 0.3 is 0 Å². The molecule has 0 atom stereocenters. The third kappa shape index (κ3) is 3.25. The molecule has 26 heavy (non-hydrogen) atoms. The quantitative estimate of drug-likeness (QED) is 0.786. The molecular formula is C21H22N4O. The van der Waals surface area contributed by atoms with E-state index in [1.807, 2.05) is 42.6 Å². The summed E-state index contributed by atoms with van der Waals surface area (Å²) in [6.07, 6.45) is 5.60. The molecule has 0 radical (unpaired) electrons. The van der Waals surface area contributed by atoms with Crippen LogP contribution in [0.15, 0.2) is 48.7 Å².